The minimum absolute atomic E-state index is 0.109. The maximum absolute atomic E-state index is 12.2. The van der Waals surface area contributed by atoms with Crippen LogP contribution in [-0.4, -0.2) is 20.7 Å². The molecule has 1 aliphatic rings. The van der Waals surface area contributed by atoms with Crippen molar-refractivity contribution in [3.05, 3.63) is 48.4 Å². The summed E-state index contributed by atoms with van der Waals surface area (Å²) in [5.74, 6) is 0.244. The summed E-state index contributed by atoms with van der Waals surface area (Å²) in [5.41, 5.74) is 3.02. The Morgan fingerprint density at radius 3 is 3.05 bits per heavy atom. The zero-order valence-corrected chi connectivity index (χ0v) is 12.7. The van der Waals surface area contributed by atoms with Crippen molar-refractivity contribution in [2.24, 2.45) is 13.0 Å². The fourth-order valence-electron chi connectivity index (χ4n) is 2.75. The Labute approximate surface area is 130 Å². The van der Waals surface area contributed by atoms with Crippen LogP contribution >= 0.6 is 0 Å². The molecule has 2 heterocycles. The Hall–Kier alpha value is -2.43. The number of pyridine rings is 1. The normalized spacial score (nSPS) is 17.4. The van der Waals surface area contributed by atoms with Crippen molar-refractivity contribution in [3.8, 4) is 11.3 Å². The summed E-state index contributed by atoms with van der Waals surface area (Å²) < 4.78 is 1.81. The first kappa shape index (κ1) is 14.5. The van der Waals surface area contributed by atoms with Gasteiger partial charge in [0.1, 0.15) is 0 Å². The van der Waals surface area contributed by atoms with Crippen LogP contribution in [0.5, 0.6) is 0 Å². The number of rotatable bonds is 4. The quantitative estimate of drug-likeness (QED) is 0.882. The average molecular weight is 296 g/mol. The van der Waals surface area contributed by atoms with Crippen LogP contribution in [0, 0.1) is 5.92 Å². The Bertz CT molecular complexity index is 689. The van der Waals surface area contributed by atoms with Crippen molar-refractivity contribution in [2.45, 2.75) is 25.8 Å². The van der Waals surface area contributed by atoms with Crippen LogP contribution < -0.4 is 5.32 Å². The Morgan fingerprint density at radius 2 is 2.32 bits per heavy atom. The van der Waals surface area contributed by atoms with Gasteiger partial charge in [-0.2, -0.15) is 5.10 Å². The van der Waals surface area contributed by atoms with Crippen LogP contribution in [0.4, 0.5) is 0 Å². The van der Waals surface area contributed by atoms with Gasteiger partial charge < -0.3 is 5.32 Å². The number of nitrogens with one attached hydrogen (secondary N) is 1. The van der Waals surface area contributed by atoms with Gasteiger partial charge in [-0.05, 0) is 37.0 Å². The number of hydrogen-bond acceptors (Lipinski definition) is 3. The van der Waals surface area contributed by atoms with E-state index in [2.05, 4.69) is 27.6 Å². The summed E-state index contributed by atoms with van der Waals surface area (Å²) in [7, 11) is 1.90. The smallest absolute Gasteiger partial charge is 0.223 e. The maximum Gasteiger partial charge on any atom is 0.223 e. The number of hydrogen-bond donors (Lipinski definition) is 1. The van der Waals surface area contributed by atoms with Crippen LogP contribution in [0.15, 0.2) is 42.9 Å². The number of allylic oxidation sites excluding steroid dienone is 2. The van der Waals surface area contributed by atoms with Gasteiger partial charge >= 0.3 is 0 Å². The first-order valence-electron chi connectivity index (χ1n) is 7.59. The van der Waals surface area contributed by atoms with Crippen LogP contribution in [0.25, 0.3) is 11.3 Å². The number of carbonyl (C=O) groups is 1. The summed E-state index contributed by atoms with van der Waals surface area (Å²) in [4.78, 5) is 16.4. The third-order valence-electron chi connectivity index (χ3n) is 4.02. The van der Waals surface area contributed by atoms with Crippen molar-refractivity contribution in [2.75, 3.05) is 0 Å². The molecular formula is C17H20N4O. The average Bonchev–Trinajstić information content (AvgIpc) is 3.00. The van der Waals surface area contributed by atoms with E-state index < -0.39 is 0 Å². The van der Waals surface area contributed by atoms with Crippen molar-refractivity contribution >= 4 is 5.91 Å². The third kappa shape index (κ3) is 3.24. The molecule has 0 saturated heterocycles. The largest absolute Gasteiger partial charge is 0.352 e. The predicted molar refractivity (Wildman–Crippen MR) is 84.8 cm³/mol. The SMILES string of the molecule is Cn1nccc1-c1cncc(CNC(=O)C2CC=CCC2)c1. The molecular weight excluding hydrogens is 276 g/mol. The molecule has 0 bridgehead atoms. The van der Waals surface area contributed by atoms with Gasteiger partial charge in [-0.15, -0.1) is 0 Å². The molecule has 1 unspecified atom stereocenters. The van der Waals surface area contributed by atoms with E-state index in [1.807, 2.05) is 30.1 Å². The molecule has 0 aliphatic heterocycles. The van der Waals surface area contributed by atoms with Gasteiger partial charge in [0.15, 0.2) is 0 Å². The molecule has 2 aromatic heterocycles. The first-order chi connectivity index (χ1) is 10.7. The van der Waals surface area contributed by atoms with Crippen LogP contribution in [0.2, 0.25) is 0 Å². The summed E-state index contributed by atoms with van der Waals surface area (Å²) >= 11 is 0. The second-order valence-electron chi connectivity index (χ2n) is 5.62. The second kappa shape index (κ2) is 6.56. The third-order valence-corrected chi connectivity index (χ3v) is 4.02. The fourth-order valence-corrected chi connectivity index (χ4v) is 2.75. The standard InChI is InChI=1S/C17H20N4O/c1-21-16(7-8-20-21)15-9-13(10-18-12-15)11-19-17(22)14-5-3-2-4-6-14/h2-3,7-10,12,14H,4-6,11H2,1H3,(H,19,22). The zero-order valence-electron chi connectivity index (χ0n) is 12.7. The highest BCUT2D eigenvalue weighted by molar-refractivity contribution is 5.79. The minimum Gasteiger partial charge on any atom is -0.352 e. The topological polar surface area (TPSA) is 59.8 Å². The molecule has 0 fully saturated rings. The van der Waals surface area contributed by atoms with E-state index in [1.165, 1.54) is 0 Å². The molecule has 5 nitrogen and oxygen atoms in total. The first-order valence-corrected chi connectivity index (χ1v) is 7.59. The summed E-state index contributed by atoms with van der Waals surface area (Å²) in [6.45, 7) is 0.512. The molecule has 1 aliphatic carbocycles. The van der Waals surface area contributed by atoms with Gasteiger partial charge in [0, 0.05) is 43.7 Å². The van der Waals surface area contributed by atoms with Gasteiger partial charge in [-0.25, -0.2) is 0 Å². The monoisotopic (exact) mass is 296 g/mol. The van der Waals surface area contributed by atoms with Gasteiger partial charge in [0.05, 0.1) is 5.69 Å². The predicted octanol–water partition coefficient (Wildman–Crippen LogP) is 2.45. The molecule has 5 heteroatoms. The van der Waals surface area contributed by atoms with E-state index in [0.29, 0.717) is 6.54 Å². The van der Waals surface area contributed by atoms with Gasteiger partial charge in [0.2, 0.25) is 5.91 Å². The molecule has 114 valence electrons. The van der Waals surface area contributed by atoms with Crippen molar-refractivity contribution < 1.29 is 4.79 Å². The van der Waals surface area contributed by atoms with Crippen molar-refractivity contribution in [1.29, 1.82) is 0 Å². The zero-order chi connectivity index (χ0) is 15.4. The van der Waals surface area contributed by atoms with Crippen molar-refractivity contribution in [1.82, 2.24) is 20.1 Å². The highest BCUT2D eigenvalue weighted by atomic mass is 16.1. The molecule has 0 radical (unpaired) electrons. The highest BCUT2D eigenvalue weighted by Gasteiger charge is 2.18. The van der Waals surface area contributed by atoms with E-state index >= 15 is 0 Å². The number of aryl methyl sites for hydroxylation is 1. The molecule has 0 aromatic carbocycles. The van der Waals surface area contributed by atoms with Gasteiger partial charge in [-0.3, -0.25) is 14.5 Å². The lowest BCUT2D eigenvalue weighted by Crippen LogP contribution is -2.30. The summed E-state index contributed by atoms with van der Waals surface area (Å²) in [6, 6.07) is 4.00. The molecule has 0 spiro atoms. The Balaban J connectivity index is 1.65. The number of carbonyl (C=O) groups excluding carboxylic acids is 1. The Kier molecular flexibility index (Phi) is 4.32. The lowest BCUT2D eigenvalue weighted by molar-refractivity contribution is -0.125. The lowest BCUT2D eigenvalue weighted by Gasteiger charge is -2.17. The molecule has 3 rings (SSSR count). The maximum atomic E-state index is 12.2. The highest BCUT2D eigenvalue weighted by Crippen LogP contribution is 2.20. The second-order valence-corrected chi connectivity index (χ2v) is 5.62. The molecule has 1 amide bonds. The molecule has 0 saturated carbocycles. The molecule has 2 aromatic rings. The van der Waals surface area contributed by atoms with E-state index in [1.54, 1.807) is 12.4 Å². The summed E-state index contributed by atoms with van der Waals surface area (Å²) in [6.07, 6.45) is 12.4. The summed E-state index contributed by atoms with van der Waals surface area (Å²) in [5, 5.41) is 7.19. The molecule has 1 atom stereocenters. The number of amides is 1. The lowest BCUT2D eigenvalue weighted by atomic mass is 9.93. The van der Waals surface area contributed by atoms with Crippen LogP contribution in [-0.2, 0) is 18.4 Å². The van der Waals surface area contributed by atoms with Crippen LogP contribution in [0.1, 0.15) is 24.8 Å². The van der Waals surface area contributed by atoms with Crippen molar-refractivity contribution in [3.63, 3.8) is 0 Å². The van der Waals surface area contributed by atoms with Gasteiger partial charge in [-0.1, -0.05) is 12.2 Å². The van der Waals surface area contributed by atoms with E-state index in [4.69, 9.17) is 0 Å². The number of aromatic nitrogens is 3. The van der Waals surface area contributed by atoms with Crippen LogP contribution in [0.3, 0.4) is 0 Å². The fraction of sp³-hybridized carbons (Fsp3) is 0.353. The van der Waals surface area contributed by atoms with E-state index in [9.17, 15) is 4.79 Å². The minimum atomic E-state index is 0.109. The number of nitrogens with zero attached hydrogens (tertiary/aromatic N) is 3. The molecule has 22 heavy (non-hydrogen) atoms. The van der Waals surface area contributed by atoms with E-state index in [-0.39, 0.29) is 11.8 Å². The Morgan fingerprint density at radius 1 is 1.41 bits per heavy atom. The molecule has 1 N–H and O–H groups in total. The van der Waals surface area contributed by atoms with Gasteiger partial charge in [0.25, 0.3) is 0 Å². The van der Waals surface area contributed by atoms with E-state index in [0.717, 1.165) is 36.1 Å².